The number of anilines is 1. The predicted octanol–water partition coefficient (Wildman–Crippen LogP) is 5.30. The average Bonchev–Trinajstić information content (AvgIpc) is 3.49. The second-order valence-electron chi connectivity index (χ2n) is 10.6. The lowest BCUT2D eigenvalue weighted by atomic mass is 9.84. The Labute approximate surface area is 237 Å². The number of rotatable bonds is 7. The first-order valence-corrected chi connectivity index (χ1v) is 13.2. The Morgan fingerprint density at radius 3 is 2.39 bits per heavy atom. The van der Waals surface area contributed by atoms with Crippen molar-refractivity contribution < 1.29 is 28.9 Å². The molecule has 2 N–H and O–H groups in total. The second kappa shape index (κ2) is 10.6. The topological polar surface area (TPSA) is 127 Å². The molecule has 1 atom stereocenters. The molecule has 212 valence electrons. The number of methoxy groups -OCH3 is 2. The largest absolute Gasteiger partial charge is 0.507 e. The van der Waals surface area contributed by atoms with Crippen LogP contribution in [0.25, 0.3) is 16.8 Å². The number of carbonyl (C=O) groups excluding carboxylic acids is 2. The standard InChI is InChI=1S/C31H32N4O6/c1-7-41-22-12-11-17(14-18(22)31(2,3)4)27(36)25-26(19-10-8-9-13-32-19)35(29(38)28(25)37)30-33-20-15-23(39-5)24(40-6)16-21(20)34-30/h8-16,26,36H,7H2,1-6H3,(H,33,34)/b27-25+. The summed E-state index contributed by atoms with van der Waals surface area (Å²) in [5.41, 5.74) is 2.30. The van der Waals surface area contributed by atoms with Crippen molar-refractivity contribution >= 4 is 34.4 Å². The van der Waals surface area contributed by atoms with E-state index in [1.165, 1.54) is 19.1 Å². The maximum Gasteiger partial charge on any atom is 0.302 e. The Hall–Kier alpha value is -4.86. The lowest BCUT2D eigenvalue weighted by molar-refractivity contribution is -0.132. The van der Waals surface area contributed by atoms with Crippen LogP contribution in [0, 0.1) is 0 Å². The van der Waals surface area contributed by atoms with Crippen molar-refractivity contribution in [1.82, 2.24) is 15.0 Å². The molecule has 1 unspecified atom stereocenters. The number of carbonyl (C=O) groups is 2. The number of H-pyrrole nitrogens is 1. The second-order valence-corrected chi connectivity index (χ2v) is 10.6. The molecule has 0 saturated carbocycles. The molecule has 1 saturated heterocycles. The van der Waals surface area contributed by atoms with Gasteiger partial charge in [-0.2, -0.15) is 0 Å². The van der Waals surface area contributed by atoms with E-state index in [-0.39, 0.29) is 22.7 Å². The Kier molecular flexibility index (Phi) is 7.17. The van der Waals surface area contributed by atoms with Gasteiger partial charge in [-0.05, 0) is 42.7 Å². The van der Waals surface area contributed by atoms with Crippen molar-refractivity contribution in [2.75, 3.05) is 25.7 Å². The van der Waals surface area contributed by atoms with Gasteiger partial charge in [0.2, 0.25) is 5.95 Å². The van der Waals surface area contributed by atoms with Gasteiger partial charge < -0.3 is 24.3 Å². The maximum absolute atomic E-state index is 13.6. The van der Waals surface area contributed by atoms with Gasteiger partial charge in [-0.15, -0.1) is 0 Å². The van der Waals surface area contributed by atoms with Crippen LogP contribution in [0.1, 0.15) is 50.6 Å². The number of hydrogen-bond donors (Lipinski definition) is 2. The summed E-state index contributed by atoms with van der Waals surface area (Å²) >= 11 is 0. The molecule has 1 amide bonds. The molecule has 3 heterocycles. The van der Waals surface area contributed by atoms with Crippen LogP contribution in [0.2, 0.25) is 0 Å². The van der Waals surface area contributed by atoms with Crippen LogP contribution >= 0.6 is 0 Å². The van der Waals surface area contributed by atoms with Gasteiger partial charge in [-0.3, -0.25) is 19.5 Å². The normalized spacial score (nSPS) is 16.8. The van der Waals surface area contributed by atoms with E-state index in [0.29, 0.717) is 46.1 Å². The van der Waals surface area contributed by atoms with Gasteiger partial charge in [0.25, 0.3) is 5.78 Å². The van der Waals surface area contributed by atoms with Crippen LogP contribution in [-0.2, 0) is 15.0 Å². The van der Waals surface area contributed by atoms with E-state index >= 15 is 0 Å². The summed E-state index contributed by atoms with van der Waals surface area (Å²) in [6, 6.07) is 12.8. The maximum atomic E-state index is 13.6. The molecule has 0 radical (unpaired) electrons. The van der Waals surface area contributed by atoms with Gasteiger partial charge in [0.1, 0.15) is 17.6 Å². The van der Waals surface area contributed by atoms with Crippen molar-refractivity contribution in [3.05, 3.63) is 77.1 Å². The van der Waals surface area contributed by atoms with E-state index < -0.39 is 17.7 Å². The highest BCUT2D eigenvalue weighted by Crippen LogP contribution is 2.43. The van der Waals surface area contributed by atoms with Crippen molar-refractivity contribution in [2.45, 2.75) is 39.2 Å². The van der Waals surface area contributed by atoms with Gasteiger partial charge in [-0.25, -0.2) is 4.98 Å². The number of aromatic nitrogens is 3. The molecule has 4 aromatic rings. The summed E-state index contributed by atoms with van der Waals surface area (Å²) in [6.45, 7) is 8.49. The van der Waals surface area contributed by atoms with Crippen molar-refractivity contribution in [2.24, 2.45) is 0 Å². The Balaban J connectivity index is 1.70. The third kappa shape index (κ3) is 4.86. The first-order valence-electron chi connectivity index (χ1n) is 13.2. The minimum Gasteiger partial charge on any atom is -0.507 e. The van der Waals surface area contributed by atoms with E-state index in [2.05, 4.69) is 15.0 Å². The van der Waals surface area contributed by atoms with Gasteiger partial charge in [-0.1, -0.05) is 26.8 Å². The zero-order valence-electron chi connectivity index (χ0n) is 23.8. The Bertz CT molecular complexity index is 1630. The SMILES string of the molecule is CCOc1ccc(/C(O)=C2\C(=O)C(=O)N(c3nc4cc(OC)c(OC)cc4[nH]3)C2c2ccccn2)cc1C(C)(C)C. The number of Topliss-reactive ketones (excluding diaryl/α,β-unsaturated/α-hetero) is 1. The number of imidazole rings is 1. The number of ketones is 1. The highest BCUT2D eigenvalue weighted by Gasteiger charge is 2.49. The number of aromatic amines is 1. The first-order chi connectivity index (χ1) is 19.6. The fraction of sp³-hybridized carbons (Fsp3) is 0.290. The molecule has 10 nitrogen and oxygen atoms in total. The van der Waals surface area contributed by atoms with E-state index in [1.807, 2.05) is 27.7 Å². The van der Waals surface area contributed by atoms with Crippen LogP contribution < -0.4 is 19.1 Å². The Morgan fingerprint density at radius 2 is 1.76 bits per heavy atom. The summed E-state index contributed by atoms with van der Waals surface area (Å²) in [7, 11) is 3.04. The average molecular weight is 557 g/mol. The number of fused-ring (bicyclic) bond motifs is 1. The molecule has 0 spiro atoms. The van der Waals surface area contributed by atoms with Crippen molar-refractivity contribution in [3.63, 3.8) is 0 Å². The van der Waals surface area contributed by atoms with Crippen LogP contribution in [0.4, 0.5) is 5.95 Å². The third-order valence-electron chi connectivity index (χ3n) is 6.98. The summed E-state index contributed by atoms with van der Waals surface area (Å²) in [4.78, 5) is 40.6. The minimum absolute atomic E-state index is 0.0895. The summed E-state index contributed by atoms with van der Waals surface area (Å²) in [5.74, 6) is -0.257. The third-order valence-corrected chi connectivity index (χ3v) is 6.98. The number of pyridine rings is 1. The molecule has 5 rings (SSSR count). The molecule has 1 aliphatic rings. The fourth-order valence-corrected chi connectivity index (χ4v) is 5.01. The van der Waals surface area contributed by atoms with Crippen LogP contribution in [-0.4, -0.2) is 52.6 Å². The van der Waals surface area contributed by atoms with Gasteiger partial charge in [0.05, 0.1) is 43.1 Å². The highest BCUT2D eigenvalue weighted by atomic mass is 16.5. The number of ether oxygens (including phenoxy) is 3. The number of aliphatic hydroxyl groups excluding tert-OH is 1. The predicted molar refractivity (Wildman–Crippen MR) is 155 cm³/mol. The lowest BCUT2D eigenvalue weighted by Gasteiger charge is -2.24. The van der Waals surface area contributed by atoms with Crippen molar-refractivity contribution in [1.29, 1.82) is 0 Å². The van der Waals surface area contributed by atoms with Crippen LogP contribution in [0.3, 0.4) is 0 Å². The van der Waals surface area contributed by atoms with Gasteiger partial charge >= 0.3 is 5.91 Å². The fourth-order valence-electron chi connectivity index (χ4n) is 5.01. The monoisotopic (exact) mass is 556 g/mol. The van der Waals surface area contributed by atoms with Crippen LogP contribution in [0.15, 0.2) is 60.3 Å². The molecule has 10 heteroatoms. The molecule has 0 aliphatic carbocycles. The molecule has 2 aromatic carbocycles. The first kappa shape index (κ1) is 27.7. The lowest BCUT2D eigenvalue weighted by Crippen LogP contribution is -2.30. The molecule has 1 aliphatic heterocycles. The molecule has 2 aromatic heterocycles. The van der Waals surface area contributed by atoms with Crippen molar-refractivity contribution in [3.8, 4) is 17.2 Å². The van der Waals surface area contributed by atoms with E-state index in [4.69, 9.17) is 14.2 Å². The number of hydrogen-bond acceptors (Lipinski definition) is 8. The van der Waals surface area contributed by atoms with E-state index in [0.717, 1.165) is 5.56 Å². The number of amides is 1. The minimum atomic E-state index is -1.04. The van der Waals surface area contributed by atoms with Crippen LogP contribution in [0.5, 0.6) is 17.2 Å². The van der Waals surface area contributed by atoms with E-state index in [9.17, 15) is 14.7 Å². The summed E-state index contributed by atoms with van der Waals surface area (Å²) in [6.07, 6.45) is 1.57. The summed E-state index contributed by atoms with van der Waals surface area (Å²) in [5, 5.41) is 11.6. The number of nitrogens with zero attached hydrogens (tertiary/aromatic N) is 3. The van der Waals surface area contributed by atoms with Gasteiger partial charge in [0, 0.05) is 29.5 Å². The molecular formula is C31H32N4O6. The zero-order chi connectivity index (χ0) is 29.5. The number of nitrogens with one attached hydrogen (secondary N) is 1. The highest BCUT2D eigenvalue weighted by molar-refractivity contribution is 6.51. The Morgan fingerprint density at radius 1 is 1.02 bits per heavy atom. The molecular weight excluding hydrogens is 524 g/mol. The van der Waals surface area contributed by atoms with Gasteiger partial charge in [0.15, 0.2) is 11.5 Å². The smallest absolute Gasteiger partial charge is 0.302 e. The molecule has 0 bridgehead atoms. The quantitative estimate of drug-likeness (QED) is 0.178. The summed E-state index contributed by atoms with van der Waals surface area (Å²) < 4.78 is 16.6. The molecule has 41 heavy (non-hydrogen) atoms. The number of benzene rings is 2. The zero-order valence-corrected chi connectivity index (χ0v) is 23.8. The number of aliphatic hydroxyl groups is 1. The molecule has 1 fully saturated rings. The van der Waals surface area contributed by atoms with E-state index in [1.54, 1.807) is 54.7 Å².